The van der Waals surface area contributed by atoms with Gasteiger partial charge < -0.3 is 10.6 Å². The van der Waals surface area contributed by atoms with Crippen molar-refractivity contribution in [3.8, 4) is 0 Å². The summed E-state index contributed by atoms with van der Waals surface area (Å²) < 4.78 is 0. The second-order valence-corrected chi connectivity index (χ2v) is 5.10. The smallest absolute Gasteiger partial charge is 0.226 e. The third-order valence-electron chi connectivity index (χ3n) is 2.21. The van der Waals surface area contributed by atoms with Gasteiger partial charge in [0, 0.05) is 20.1 Å². The van der Waals surface area contributed by atoms with Gasteiger partial charge in [-0.3, -0.25) is 4.79 Å². The summed E-state index contributed by atoms with van der Waals surface area (Å²) in [6.45, 7) is 9.60. The van der Waals surface area contributed by atoms with E-state index >= 15 is 0 Å². The molecule has 0 saturated heterocycles. The van der Waals surface area contributed by atoms with E-state index in [1.165, 1.54) is 0 Å². The molecular formula is C11H24N2O. The van der Waals surface area contributed by atoms with Crippen molar-refractivity contribution in [2.24, 2.45) is 17.1 Å². The first-order valence-electron chi connectivity index (χ1n) is 5.27. The third-order valence-corrected chi connectivity index (χ3v) is 2.21. The number of carbonyl (C=O) groups excluding carboxylic acids is 1. The van der Waals surface area contributed by atoms with Gasteiger partial charge >= 0.3 is 0 Å². The Labute approximate surface area is 87.6 Å². The normalized spacial score (nSPS) is 13.9. The molecule has 3 heteroatoms. The molecule has 1 atom stereocenters. The van der Waals surface area contributed by atoms with Gasteiger partial charge in [-0.2, -0.15) is 0 Å². The van der Waals surface area contributed by atoms with Gasteiger partial charge in [0.1, 0.15) is 0 Å². The molecule has 0 aromatic heterocycles. The molecule has 0 rings (SSSR count). The Kier molecular flexibility index (Phi) is 5.13. The molecule has 0 bridgehead atoms. The highest BCUT2D eigenvalue weighted by Gasteiger charge is 2.22. The van der Waals surface area contributed by atoms with Gasteiger partial charge in [-0.1, -0.05) is 27.7 Å². The van der Waals surface area contributed by atoms with Gasteiger partial charge in [0.25, 0.3) is 0 Å². The third kappa shape index (κ3) is 4.61. The lowest BCUT2D eigenvalue weighted by Crippen LogP contribution is -2.40. The van der Waals surface area contributed by atoms with Crippen LogP contribution in [0.1, 0.15) is 34.1 Å². The van der Waals surface area contributed by atoms with Crippen molar-refractivity contribution in [3.05, 3.63) is 0 Å². The lowest BCUT2D eigenvalue weighted by atomic mass is 9.95. The molecule has 0 fully saturated rings. The highest BCUT2D eigenvalue weighted by Crippen LogP contribution is 2.16. The largest absolute Gasteiger partial charge is 0.345 e. The first kappa shape index (κ1) is 13.4. The Bertz CT molecular complexity index is 180. The van der Waals surface area contributed by atoms with Gasteiger partial charge in [0.05, 0.1) is 5.92 Å². The molecule has 0 heterocycles. The van der Waals surface area contributed by atoms with Crippen LogP contribution in [0.2, 0.25) is 0 Å². The summed E-state index contributed by atoms with van der Waals surface area (Å²) in [5.41, 5.74) is 5.69. The van der Waals surface area contributed by atoms with Crippen molar-refractivity contribution < 1.29 is 4.79 Å². The van der Waals surface area contributed by atoms with E-state index < -0.39 is 0 Å². The SMILES string of the molecule is CCC(CN)C(=O)N(C)CC(C)(C)C. The summed E-state index contributed by atoms with van der Waals surface area (Å²) in [4.78, 5) is 13.6. The second-order valence-electron chi connectivity index (χ2n) is 5.10. The van der Waals surface area contributed by atoms with Gasteiger partial charge in [0.15, 0.2) is 0 Å². The zero-order valence-corrected chi connectivity index (χ0v) is 10.1. The molecule has 0 saturated carbocycles. The van der Waals surface area contributed by atoms with Gasteiger partial charge in [-0.15, -0.1) is 0 Å². The van der Waals surface area contributed by atoms with E-state index in [4.69, 9.17) is 5.73 Å². The fraction of sp³-hybridized carbons (Fsp3) is 0.909. The molecule has 2 N–H and O–H groups in total. The number of amides is 1. The number of nitrogens with zero attached hydrogens (tertiary/aromatic N) is 1. The van der Waals surface area contributed by atoms with Crippen LogP contribution in [-0.4, -0.2) is 30.9 Å². The van der Waals surface area contributed by atoms with E-state index in [1.807, 2.05) is 14.0 Å². The van der Waals surface area contributed by atoms with Crippen LogP contribution in [0, 0.1) is 11.3 Å². The Morgan fingerprint density at radius 2 is 1.93 bits per heavy atom. The Morgan fingerprint density at radius 1 is 1.43 bits per heavy atom. The molecule has 3 nitrogen and oxygen atoms in total. The monoisotopic (exact) mass is 200 g/mol. The number of nitrogens with two attached hydrogens (primary N) is 1. The molecule has 84 valence electrons. The Balaban J connectivity index is 4.24. The molecule has 0 aliphatic carbocycles. The number of carbonyl (C=O) groups is 1. The van der Waals surface area contributed by atoms with Crippen LogP contribution in [0.5, 0.6) is 0 Å². The highest BCUT2D eigenvalue weighted by atomic mass is 16.2. The first-order chi connectivity index (χ1) is 6.31. The lowest BCUT2D eigenvalue weighted by molar-refractivity contribution is -0.135. The standard InChI is InChI=1S/C11H24N2O/c1-6-9(7-12)10(14)13(5)8-11(2,3)4/h9H,6-8,12H2,1-5H3. The summed E-state index contributed by atoms with van der Waals surface area (Å²) in [7, 11) is 1.85. The van der Waals surface area contributed by atoms with Crippen molar-refractivity contribution in [2.45, 2.75) is 34.1 Å². The minimum atomic E-state index is -0.0117. The fourth-order valence-corrected chi connectivity index (χ4v) is 1.54. The van der Waals surface area contributed by atoms with Crippen LogP contribution >= 0.6 is 0 Å². The van der Waals surface area contributed by atoms with Crippen LogP contribution < -0.4 is 5.73 Å². The van der Waals surface area contributed by atoms with E-state index in [0.29, 0.717) is 6.54 Å². The van der Waals surface area contributed by atoms with Gasteiger partial charge in [-0.05, 0) is 11.8 Å². The number of rotatable bonds is 4. The Hall–Kier alpha value is -0.570. The van der Waals surface area contributed by atoms with Crippen molar-refractivity contribution in [2.75, 3.05) is 20.1 Å². The van der Waals surface area contributed by atoms with Crippen LogP contribution in [-0.2, 0) is 4.79 Å². The van der Waals surface area contributed by atoms with E-state index in [0.717, 1.165) is 13.0 Å². The number of hydrogen-bond acceptors (Lipinski definition) is 2. The van der Waals surface area contributed by atoms with Gasteiger partial charge in [0.2, 0.25) is 5.91 Å². The minimum absolute atomic E-state index is 0.0117. The maximum Gasteiger partial charge on any atom is 0.226 e. The molecule has 0 spiro atoms. The molecule has 0 aromatic rings. The van der Waals surface area contributed by atoms with Crippen LogP contribution in [0.15, 0.2) is 0 Å². The molecule has 0 aliphatic heterocycles. The molecule has 1 amide bonds. The van der Waals surface area contributed by atoms with Crippen LogP contribution in [0.4, 0.5) is 0 Å². The van der Waals surface area contributed by atoms with Crippen molar-refractivity contribution >= 4 is 5.91 Å². The average Bonchev–Trinajstić information content (AvgIpc) is 2.03. The van der Waals surface area contributed by atoms with E-state index in [9.17, 15) is 4.79 Å². The number of hydrogen-bond donors (Lipinski definition) is 1. The zero-order valence-electron chi connectivity index (χ0n) is 10.1. The summed E-state index contributed by atoms with van der Waals surface area (Å²) in [5, 5.41) is 0. The van der Waals surface area contributed by atoms with Crippen molar-refractivity contribution in [3.63, 3.8) is 0 Å². The summed E-state index contributed by atoms with van der Waals surface area (Å²) in [5.74, 6) is 0.160. The highest BCUT2D eigenvalue weighted by molar-refractivity contribution is 5.78. The fourth-order valence-electron chi connectivity index (χ4n) is 1.54. The second kappa shape index (κ2) is 5.35. The van der Waals surface area contributed by atoms with Crippen LogP contribution in [0.25, 0.3) is 0 Å². The van der Waals surface area contributed by atoms with Crippen LogP contribution in [0.3, 0.4) is 0 Å². The molecule has 14 heavy (non-hydrogen) atoms. The topological polar surface area (TPSA) is 46.3 Å². The molecule has 0 aromatic carbocycles. The maximum atomic E-state index is 11.8. The minimum Gasteiger partial charge on any atom is -0.345 e. The summed E-state index contributed by atoms with van der Waals surface area (Å²) in [6.07, 6.45) is 0.823. The summed E-state index contributed by atoms with van der Waals surface area (Å²) >= 11 is 0. The van der Waals surface area contributed by atoms with E-state index in [2.05, 4.69) is 20.8 Å². The van der Waals surface area contributed by atoms with Crippen molar-refractivity contribution in [1.82, 2.24) is 4.90 Å². The molecule has 1 unspecified atom stereocenters. The predicted octanol–water partition coefficient (Wildman–Crippen LogP) is 1.48. The summed E-state index contributed by atoms with van der Waals surface area (Å²) in [6, 6.07) is 0. The van der Waals surface area contributed by atoms with E-state index in [-0.39, 0.29) is 17.2 Å². The zero-order chi connectivity index (χ0) is 11.4. The Morgan fingerprint density at radius 3 is 2.21 bits per heavy atom. The average molecular weight is 200 g/mol. The lowest BCUT2D eigenvalue weighted by Gasteiger charge is -2.29. The first-order valence-corrected chi connectivity index (χ1v) is 5.27. The van der Waals surface area contributed by atoms with E-state index in [1.54, 1.807) is 4.90 Å². The molecular weight excluding hydrogens is 176 g/mol. The van der Waals surface area contributed by atoms with Gasteiger partial charge in [-0.25, -0.2) is 0 Å². The predicted molar refractivity (Wildman–Crippen MR) is 59.9 cm³/mol. The quantitative estimate of drug-likeness (QED) is 0.747. The molecule has 0 aliphatic rings. The molecule has 0 radical (unpaired) electrons. The van der Waals surface area contributed by atoms with Crippen molar-refractivity contribution in [1.29, 1.82) is 0 Å². The maximum absolute atomic E-state index is 11.8.